The molecule has 0 spiro atoms. The van der Waals surface area contributed by atoms with Crippen LogP contribution in [0.1, 0.15) is 19.4 Å². The summed E-state index contributed by atoms with van der Waals surface area (Å²) in [6, 6.07) is 15.8. The van der Waals surface area contributed by atoms with Crippen molar-refractivity contribution in [3.8, 4) is 0 Å². The molecule has 3 N–H and O–H groups in total. The van der Waals surface area contributed by atoms with E-state index in [1.54, 1.807) is 11.8 Å². The molecule has 3 rings (SSSR count). The van der Waals surface area contributed by atoms with Gasteiger partial charge in [-0.15, -0.1) is 11.8 Å². The number of amides is 1. The molecule has 0 aliphatic heterocycles. The van der Waals surface area contributed by atoms with Crippen LogP contribution in [0.15, 0.2) is 58.6 Å². The number of hydrogen-bond acceptors (Lipinski definition) is 7. The van der Waals surface area contributed by atoms with E-state index in [2.05, 4.69) is 25.3 Å². The SMILES string of the molecule is CCSc1nsc(NC(=O)C(C)Sc2cccc(NC(=S)Nc3ccc(C)cc3)c2)n1. The van der Waals surface area contributed by atoms with Gasteiger partial charge in [0.25, 0.3) is 0 Å². The van der Waals surface area contributed by atoms with Crippen LogP contribution in [0.5, 0.6) is 0 Å². The summed E-state index contributed by atoms with van der Waals surface area (Å²) in [7, 11) is 0. The third kappa shape index (κ3) is 7.49. The predicted octanol–water partition coefficient (Wildman–Crippen LogP) is 5.89. The van der Waals surface area contributed by atoms with Crippen molar-refractivity contribution in [3.05, 3.63) is 54.1 Å². The van der Waals surface area contributed by atoms with Crippen molar-refractivity contribution in [2.75, 3.05) is 21.7 Å². The molecule has 0 radical (unpaired) electrons. The number of benzene rings is 2. The van der Waals surface area contributed by atoms with Crippen molar-refractivity contribution in [2.24, 2.45) is 0 Å². The van der Waals surface area contributed by atoms with Crippen LogP contribution in [0, 0.1) is 6.92 Å². The number of aryl methyl sites for hydroxylation is 1. The van der Waals surface area contributed by atoms with Gasteiger partial charge in [-0.1, -0.05) is 42.4 Å². The molecule has 0 fully saturated rings. The molecule has 0 saturated carbocycles. The summed E-state index contributed by atoms with van der Waals surface area (Å²) in [6.45, 7) is 5.95. The van der Waals surface area contributed by atoms with Gasteiger partial charge in [0.15, 0.2) is 5.11 Å². The van der Waals surface area contributed by atoms with Crippen LogP contribution < -0.4 is 16.0 Å². The summed E-state index contributed by atoms with van der Waals surface area (Å²) < 4.78 is 4.22. The molecule has 1 atom stereocenters. The summed E-state index contributed by atoms with van der Waals surface area (Å²) in [5.74, 6) is 0.786. The zero-order valence-electron chi connectivity index (χ0n) is 17.3. The smallest absolute Gasteiger partial charge is 0.239 e. The fourth-order valence-corrected chi connectivity index (χ4v) is 4.93. The number of hydrogen-bond donors (Lipinski definition) is 3. The maximum Gasteiger partial charge on any atom is 0.239 e. The van der Waals surface area contributed by atoms with Crippen LogP contribution >= 0.6 is 47.3 Å². The Morgan fingerprint density at radius 2 is 1.87 bits per heavy atom. The molecule has 1 amide bonds. The average molecular weight is 490 g/mol. The Hall–Kier alpha value is -2.14. The van der Waals surface area contributed by atoms with Gasteiger partial charge in [-0.2, -0.15) is 9.36 Å². The molecule has 31 heavy (non-hydrogen) atoms. The Bertz CT molecular complexity index is 1040. The van der Waals surface area contributed by atoms with Crippen molar-refractivity contribution >= 4 is 74.8 Å². The number of carbonyl (C=O) groups is 1. The molecule has 0 aliphatic carbocycles. The minimum Gasteiger partial charge on any atom is -0.332 e. The first-order chi connectivity index (χ1) is 14.9. The van der Waals surface area contributed by atoms with E-state index in [4.69, 9.17) is 12.2 Å². The molecular weight excluding hydrogens is 467 g/mol. The second-order valence-corrected chi connectivity index (χ2v) is 10.3. The van der Waals surface area contributed by atoms with Gasteiger partial charge in [0, 0.05) is 27.8 Å². The zero-order valence-corrected chi connectivity index (χ0v) is 20.6. The second-order valence-electron chi connectivity index (χ2n) is 6.54. The van der Waals surface area contributed by atoms with Crippen LogP contribution in [0.4, 0.5) is 16.5 Å². The van der Waals surface area contributed by atoms with Gasteiger partial charge in [-0.05, 0) is 62.2 Å². The fourth-order valence-electron chi connectivity index (χ4n) is 2.49. The van der Waals surface area contributed by atoms with Crippen molar-refractivity contribution in [2.45, 2.75) is 36.1 Å². The number of thiocarbonyl (C=S) groups is 1. The third-order valence-corrected chi connectivity index (χ3v) is 6.77. The highest BCUT2D eigenvalue weighted by Crippen LogP contribution is 2.27. The molecule has 1 unspecified atom stereocenters. The summed E-state index contributed by atoms with van der Waals surface area (Å²) in [5, 5.41) is 10.6. The molecule has 162 valence electrons. The van der Waals surface area contributed by atoms with Crippen molar-refractivity contribution in [3.63, 3.8) is 0 Å². The number of anilines is 3. The summed E-state index contributed by atoms with van der Waals surface area (Å²) in [5.41, 5.74) is 2.97. The Kier molecular flexibility index (Phi) is 8.70. The Morgan fingerprint density at radius 3 is 2.61 bits per heavy atom. The van der Waals surface area contributed by atoms with Gasteiger partial charge in [0.1, 0.15) is 0 Å². The van der Waals surface area contributed by atoms with Crippen LogP contribution in [0.3, 0.4) is 0 Å². The minimum absolute atomic E-state index is 0.107. The first-order valence-corrected chi connectivity index (χ1v) is 12.7. The van der Waals surface area contributed by atoms with E-state index < -0.39 is 0 Å². The number of thioether (sulfide) groups is 2. The third-order valence-electron chi connectivity index (χ3n) is 3.99. The van der Waals surface area contributed by atoms with Crippen LogP contribution in [-0.4, -0.2) is 31.4 Å². The van der Waals surface area contributed by atoms with Crippen molar-refractivity contribution in [1.82, 2.24) is 9.36 Å². The quantitative estimate of drug-likeness (QED) is 0.267. The first kappa shape index (κ1) is 23.5. The lowest BCUT2D eigenvalue weighted by atomic mass is 10.2. The molecule has 0 aliphatic rings. The number of carbonyl (C=O) groups excluding carboxylic acids is 1. The summed E-state index contributed by atoms with van der Waals surface area (Å²) >= 11 is 9.63. The normalized spacial score (nSPS) is 11.6. The highest BCUT2D eigenvalue weighted by atomic mass is 32.2. The molecule has 0 bridgehead atoms. The lowest BCUT2D eigenvalue weighted by Crippen LogP contribution is -2.22. The largest absolute Gasteiger partial charge is 0.332 e. The standard InChI is InChI=1S/C21H23N5OS4/c1-4-29-21-25-20(31-26-21)24-18(27)14(3)30-17-7-5-6-16(12-17)23-19(28)22-15-10-8-13(2)9-11-15/h5-12,14H,4H2,1-3H3,(H2,22,23,28)(H,24,25,26,27). The number of nitrogens with one attached hydrogen (secondary N) is 3. The van der Waals surface area contributed by atoms with Crippen LogP contribution in [0.2, 0.25) is 0 Å². The zero-order chi connectivity index (χ0) is 22.2. The lowest BCUT2D eigenvalue weighted by molar-refractivity contribution is -0.115. The molecule has 1 aromatic heterocycles. The minimum atomic E-state index is -0.293. The monoisotopic (exact) mass is 489 g/mol. The van der Waals surface area contributed by atoms with Gasteiger partial charge in [-0.3, -0.25) is 10.1 Å². The molecule has 0 saturated heterocycles. The lowest BCUT2D eigenvalue weighted by Gasteiger charge is -2.13. The Balaban J connectivity index is 1.54. The van der Waals surface area contributed by atoms with E-state index in [-0.39, 0.29) is 11.2 Å². The van der Waals surface area contributed by atoms with E-state index in [0.717, 1.165) is 22.0 Å². The summed E-state index contributed by atoms with van der Waals surface area (Å²) in [6.07, 6.45) is 0. The molecular formula is C21H23N5OS4. The van der Waals surface area contributed by atoms with E-state index in [1.807, 2.05) is 69.3 Å². The van der Waals surface area contributed by atoms with Crippen LogP contribution in [0.25, 0.3) is 0 Å². The van der Waals surface area contributed by atoms with Crippen LogP contribution in [-0.2, 0) is 4.79 Å². The molecule has 2 aromatic carbocycles. The maximum absolute atomic E-state index is 12.5. The number of nitrogens with zero attached hydrogens (tertiary/aromatic N) is 2. The van der Waals surface area contributed by atoms with Crippen molar-refractivity contribution in [1.29, 1.82) is 0 Å². The molecule has 1 heterocycles. The van der Waals surface area contributed by atoms with Gasteiger partial charge < -0.3 is 10.6 Å². The summed E-state index contributed by atoms with van der Waals surface area (Å²) in [4.78, 5) is 17.8. The molecule has 6 nitrogen and oxygen atoms in total. The van der Waals surface area contributed by atoms with E-state index in [0.29, 0.717) is 15.4 Å². The second kappa shape index (κ2) is 11.5. The van der Waals surface area contributed by atoms with E-state index in [9.17, 15) is 4.79 Å². The maximum atomic E-state index is 12.5. The highest BCUT2D eigenvalue weighted by Gasteiger charge is 2.17. The van der Waals surface area contributed by atoms with Gasteiger partial charge in [0.05, 0.1) is 5.25 Å². The highest BCUT2D eigenvalue weighted by molar-refractivity contribution is 8.00. The van der Waals surface area contributed by atoms with E-state index in [1.165, 1.54) is 28.9 Å². The first-order valence-electron chi connectivity index (χ1n) is 9.61. The Labute approximate surface area is 200 Å². The van der Waals surface area contributed by atoms with E-state index >= 15 is 0 Å². The number of aromatic nitrogens is 2. The van der Waals surface area contributed by atoms with Crippen molar-refractivity contribution < 1.29 is 4.79 Å². The Morgan fingerprint density at radius 1 is 1.13 bits per heavy atom. The van der Waals surface area contributed by atoms with Gasteiger partial charge >= 0.3 is 0 Å². The van der Waals surface area contributed by atoms with Gasteiger partial charge in [-0.25, -0.2) is 0 Å². The topological polar surface area (TPSA) is 78.9 Å². The fraction of sp³-hybridized carbons (Fsp3) is 0.238. The molecule has 10 heteroatoms. The number of rotatable bonds is 8. The predicted molar refractivity (Wildman–Crippen MR) is 138 cm³/mol. The van der Waals surface area contributed by atoms with Gasteiger partial charge in [0.2, 0.25) is 16.2 Å². The molecule has 3 aromatic rings. The average Bonchev–Trinajstić information content (AvgIpc) is 3.17.